The largest absolute Gasteiger partial charge is 0.325 e. The molecule has 80 valence electrons. The molecule has 1 heterocycles. The minimum atomic E-state index is -0.204. The van der Waals surface area contributed by atoms with Gasteiger partial charge in [-0.15, -0.1) is 10.3 Å². The van der Waals surface area contributed by atoms with Crippen LogP contribution in [0, 0.1) is 6.42 Å². The van der Waals surface area contributed by atoms with Gasteiger partial charge in [-0.1, -0.05) is 13.8 Å². The van der Waals surface area contributed by atoms with Gasteiger partial charge in [0.1, 0.15) is 0 Å². The summed E-state index contributed by atoms with van der Waals surface area (Å²) < 4.78 is 0. The molecule has 0 spiro atoms. The van der Waals surface area contributed by atoms with Crippen LogP contribution in [0.2, 0.25) is 0 Å². The Morgan fingerprint density at radius 3 is 2.07 bits per heavy atom. The standard InChI is InChI=1S/C11H21NO.Y/c1-5-11(6-2)9-7-8-10(3,4)12(11)13;/h7H,5-6,8-9H2,1-4H3;/q-1;. The summed E-state index contributed by atoms with van der Waals surface area (Å²) >= 11 is 0. The minimum absolute atomic E-state index is 0. The van der Waals surface area contributed by atoms with Crippen molar-refractivity contribution in [2.45, 2.75) is 64.5 Å². The smallest absolute Gasteiger partial charge is 0.0226 e. The Morgan fingerprint density at radius 2 is 1.71 bits per heavy atom. The van der Waals surface area contributed by atoms with Gasteiger partial charge >= 0.3 is 0 Å². The van der Waals surface area contributed by atoms with Crippen LogP contribution < -0.4 is 0 Å². The van der Waals surface area contributed by atoms with E-state index >= 15 is 0 Å². The van der Waals surface area contributed by atoms with Crippen molar-refractivity contribution in [2.75, 3.05) is 0 Å². The van der Waals surface area contributed by atoms with Gasteiger partial charge in [0.15, 0.2) is 0 Å². The number of nitrogens with zero attached hydrogens (tertiary/aromatic N) is 1. The zero-order valence-electron chi connectivity index (χ0n) is 9.84. The molecule has 0 N–H and O–H groups in total. The van der Waals surface area contributed by atoms with Crippen molar-refractivity contribution >= 4 is 0 Å². The number of rotatable bonds is 2. The normalized spacial score (nSPS) is 25.5. The third kappa shape index (κ3) is 2.58. The van der Waals surface area contributed by atoms with E-state index in [0.717, 1.165) is 25.7 Å². The predicted octanol–water partition coefficient (Wildman–Crippen LogP) is 2.97. The molecular weight excluding hydrogens is 251 g/mol. The fourth-order valence-corrected chi connectivity index (χ4v) is 2.33. The molecule has 14 heavy (non-hydrogen) atoms. The molecular formula is C11H21NOY-. The molecule has 0 amide bonds. The van der Waals surface area contributed by atoms with Crippen LogP contribution in [0.1, 0.15) is 53.4 Å². The molecule has 0 unspecified atom stereocenters. The summed E-state index contributed by atoms with van der Waals surface area (Å²) in [5.74, 6) is 0. The summed E-state index contributed by atoms with van der Waals surface area (Å²) in [7, 11) is 0. The summed E-state index contributed by atoms with van der Waals surface area (Å²) in [5, 5.41) is 13.5. The number of piperidine rings is 1. The van der Waals surface area contributed by atoms with Gasteiger partial charge < -0.3 is 6.42 Å². The van der Waals surface area contributed by atoms with Crippen molar-refractivity contribution in [3.63, 3.8) is 0 Å². The second kappa shape index (κ2) is 5.38. The van der Waals surface area contributed by atoms with E-state index in [1.807, 2.05) is 13.8 Å². The van der Waals surface area contributed by atoms with E-state index in [9.17, 15) is 5.21 Å². The first-order valence-corrected chi connectivity index (χ1v) is 5.27. The van der Waals surface area contributed by atoms with E-state index in [-0.39, 0.29) is 43.8 Å². The molecule has 0 atom stereocenters. The summed E-state index contributed by atoms with van der Waals surface area (Å²) in [6, 6.07) is 0. The first-order chi connectivity index (χ1) is 5.98. The van der Waals surface area contributed by atoms with E-state index in [4.69, 9.17) is 0 Å². The Balaban J connectivity index is 0.00000169. The SMILES string of the molecule is CCC1(CC)C[CH-]CC(C)(C)N1[O].[Y]. The van der Waals surface area contributed by atoms with Crippen LogP contribution in [0.3, 0.4) is 0 Å². The zero-order chi connectivity index (χ0) is 10.1. The average molecular weight is 272 g/mol. The Labute approximate surface area is 113 Å². The second-order valence-electron chi connectivity index (χ2n) is 4.74. The molecule has 0 aromatic rings. The van der Waals surface area contributed by atoms with Crippen molar-refractivity contribution in [3.8, 4) is 0 Å². The van der Waals surface area contributed by atoms with E-state index < -0.39 is 0 Å². The van der Waals surface area contributed by atoms with Crippen LogP contribution in [0.15, 0.2) is 0 Å². The van der Waals surface area contributed by atoms with Gasteiger partial charge in [-0.25, -0.2) is 0 Å². The molecule has 1 saturated heterocycles. The first-order valence-electron chi connectivity index (χ1n) is 5.27. The fraction of sp³-hybridized carbons (Fsp3) is 0.909. The maximum Gasteiger partial charge on any atom is 0.0226 e. The van der Waals surface area contributed by atoms with E-state index in [1.54, 1.807) is 0 Å². The van der Waals surface area contributed by atoms with Gasteiger partial charge in [-0.05, 0) is 26.7 Å². The molecule has 0 aliphatic carbocycles. The number of hydrogen-bond donors (Lipinski definition) is 0. The average Bonchev–Trinajstić information content (AvgIpc) is 2.10. The van der Waals surface area contributed by atoms with Gasteiger partial charge in [-0.3, -0.25) is 0 Å². The van der Waals surface area contributed by atoms with Crippen molar-refractivity contribution in [3.05, 3.63) is 6.42 Å². The maximum atomic E-state index is 12.1. The molecule has 0 bridgehead atoms. The summed E-state index contributed by atoms with van der Waals surface area (Å²) in [5.41, 5.74) is -0.327. The zero-order valence-corrected chi connectivity index (χ0v) is 12.7. The summed E-state index contributed by atoms with van der Waals surface area (Å²) in [6.07, 6.45) is 6.05. The summed E-state index contributed by atoms with van der Waals surface area (Å²) in [4.78, 5) is 0. The van der Waals surface area contributed by atoms with Crippen molar-refractivity contribution in [1.82, 2.24) is 5.06 Å². The molecule has 1 aliphatic heterocycles. The van der Waals surface area contributed by atoms with Gasteiger partial charge in [0.25, 0.3) is 0 Å². The molecule has 2 nitrogen and oxygen atoms in total. The number of hydrogen-bond acceptors (Lipinski definition) is 1. The molecule has 1 rings (SSSR count). The Kier molecular flexibility index (Phi) is 5.78. The summed E-state index contributed by atoms with van der Waals surface area (Å²) in [6.45, 7) is 8.30. The molecule has 0 aromatic heterocycles. The second-order valence-corrected chi connectivity index (χ2v) is 4.74. The predicted molar refractivity (Wildman–Crippen MR) is 53.5 cm³/mol. The van der Waals surface area contributed by atoms with Crippen LogP contribution in [-0.2, 0) is 37.9 Å². The molecule has 1 fully saturated rings. The minimum Gasteiger partial charge on any atom is -0.325 e. The first kappa shape index (κ1) is 15.0. The van der Waals surface area contributed by atoms with Crippen molar-refractivity contribution in [2.24, 2.45) is 0 Å². The van der Waals surface area contributed by atoms with E-state index in [1.165, 1.54) is 5.06 Å². The van der Waals surface area contributed by atoms with Crippen molar-refractivity contribution in [1.29, 1.82) is 0 Å². The van der Waals surface area contributed by atoms with Crippen LogP contribution in [-0.4, -0.2) is 16.1 Å². The Bertz CT molecular complexity index is 178. The van der Waals surface area contributed by atoms with E-state index in [2.05, 4.69) is 20.3 Å². The molecule has 0 saturated carbocycles. The number of hydroxylamine groups is 2. The van der Waals surface area contributed by atoms with Crippen molar-refractivity contribution < 1.29 is 37.9 Å². The van der Waals surface area contributed by atoms with Gasteiger partial charge in [-0.2, -0.15) is 12.8 Å². The molecule has 1 aliphatic rings. The molecule has 2 radical (unpaired) electrons. The van der Waals surface area contributed by atoms with Crippen LogP contribution >= 0.6 is 0 Å². The Morgan fingerprint density at radius 1 is 1.21 bits per heavy atom. The topological polar surface area (TPSA) is 23.1 Å². The molecule has 0 aromatic carbocycles. The monoisotopic (exact) mass is 272 g/mol. The van der Waals surface area contributed by atoms with Gasteiger partial charge in [0.2, 0.25) is 0 Å². The van der Waals surface area contributed by atoms with Crippen LogP contribution in [0.25, 0.3) is 0 Å². The van der Waals surface area contributed by atoms with Gasteiger partial charge in [0, 0.05) is 43.8 Å². The maximum absolute atomic E-state index is 12.1. The third-order valence-corrected chi connectivity index (χ3v) is 3.47. The van der Waals surface area contributed by atoms with Gasteiger partial charge in [0.05, 0.1) is 0 Å². The van der Waals surface area contributed by atoms with Crippen LogP contribution in [0.5, 0.6) is 0 Å². The molecule has 3 heteroatoms. The van der Waals surface area contributed by atoms with E-state index in [0.29, 0.717) is 0 Å². The van der Waals surface area contributed by atoms with Crippen LogP contribution in [0.4, 0.5) is 0 Å². The third-order valence-electron chi connectivity index (χ3n) is 3.47. The Hall–Kier alpha value is 1.02. The quantitative estimate of drug-likeness (QED) is 0.709. The fourth-order valence-electron chi connectivity index (χ4n) is 2.33.